The zero-order chi connectivity index (χ0) is 13.9. The fraction of sp³-hybridized carbons (Fsp3) is 0.929. The Morgan fingerprint density at radius 3 is 3.05 bits per heavy atom. The molecule has 3 atom stereocenters. The summed E-state index contributed by atoms with van der Waals surface area (Å²) in [4.78, 5) is 14.2. The predicted octanol–water partition coefficient (Wildman–Crippen LogP) is 0.910. The molecular weight excluding hydrogens is 244 g/mol. The lowest BCUT2D eigenvalue weighted by Gasteiger charge is -2.38. The van der Waals surface area contributed by atoms with Gasteiger partial charge in [0.1, 0.15) is 5.54 Å². The Morgan fingerprint density at radius 1 is 1.53 bits per heavy atom. The molecule has 0 spiro atoms. The van der Waals surface area contributed by atoms with E-state index in [1.54, 1.807) is 13.8 Å². The normalized spacial score (nSPS) is 30.7. The molecule has 1 saturated carbocycles. The lowest BCUT2D eigenvalue weighted by atomic mass is 9.98. The first-order valence-electron chi connectivity index (χ1n) is 7.36. The second-order valence-electron chi connectivity index (χ2n) is 5.83. The number of nitrogens with zero attached hydrogens (tertiary/aromatic N) is 1. The number of carbonyl (C=O) groups is 1. The predicted molar refractivity (Wildman–Crippen MR) is 72.8 cm³/mol. The molecule has 0 bridgehead atoms. The van der Waals surface area contributed by atoms with Gasteiger partial charge in [0.25, 0.3) is 0 Å². The fourth-order valence-electron chi connectivity index (χ4n) is 3.06. The van der Waals surface area contributed by atoms with Crippen LogP contribution in [0, 0.1) is 0 Å². The van der Waals surface area contributed by atoms with Crippen molar-refractivity contribution in [3.63, 3.8) is 0 Å². The molecule has 1 heterocycles. The van der Waals surface area contributed by atoms with Gasteiger partial charge in [0.05, 0.1) is 19.3 Å². The first-order valence-corrected chi connectivity index (χ1v) is 7.36. The van der Waals surface area contributed by atoms with Crippen molar-refractivity contribution >= 4 is 5.97 Å². The maximum absolute atomic E-state index is 11.8. The van der Waals surface area contributed by atoms with E-state index in [0.29, 0.717) is 25.2 Å². The van der Waals surface area contributed by atoms with Crippen LogP contribution in [0.5, 0.6) is 0 Å². The molecule has 2 aliphatic rings. The highest BCUT2D eigenvalue weighted by molar-refractivity contribution is 5.79. The van der Waals surface area contributed by atoms with Gasteiger partial charge in [0.2, 0.25) is 0 Å². The summed E-state index contributed by atoms with van der Waals surface area (Å²) in [7, 11) is 0. The van der Waals surface area contributed by atoms with Crippen LogP contribution in [0.25, 0.3) is 0 Å². The number of hydrogen-bond acceptors (Lipinski definition) is 5. The van der Waals surface area contributed by atoms with E-state index in [1.165, 1.54) is 19.3 Å². The summed E-state index contributed by atoms with van der Waals surface area (Å²) in [6, 6.07) is 0.520. The molecule has 0 aromatic carbocycles. The van der Waals surface area contributed by atoms with E-state index in [-0.39, 0.29) is 5.97 Å². The summed E-state index contributed by atoms with van der Waals surface area (Å²) in [5.41, 5.74) is 5.18. The van der Waals surface area contributed by atoms with Crippen molar-refractivity contribution in [2.24, 2.45) is 5.73 Å². The largest absolute Gasteiger partial charge is 0.465 e. The number of ether oxygens (including phenoxy) is 2. The number of fused-ring (bicyclic) bond motifs is 1. The summed E-state index contributed by atoms with van der Waals surface area (Å²) in [6.45, 7) is 6.53. The number of nitrogens with two attached hydrogens (primary N) is 1. The van der Waals surface area contributed by atoms with Gasteiger partial charge >= 0.3 is 5.97 Å². The van der Waals surface area contributed by atoms with E-state index >= 15 is 0 Å². The van der Waals surface area contributed by atoms with E-state index in [0.717, 1.165) is 19.7 Å². The van der Waals surface area contributed by atoms with E-state index in [1.807, 2.05) is 0 Å². The van der Waals surface area contributed by atoms with Crippen LogP contribution in [0.4, 0.5) is 0 Å². The zero-order valence-electron chi connectivity index (χ0n) is 12.1. The average Bonchev–Trinajstić information content (AvgIpc) is 2.85. The van der Waals surface area contributed by atoms with E-state index in [2.05, 4.69) is 4.90 Å². The monoisotopic (exact) mass is 270 g/mol. The van der Waals surface area contributed by atoms with Gasteiger partial charge in [-0.15, -0.1) is 0 Å². The van der Waals surface area contributed by atoms with Gasteiger partial charge in [0.15, 0.2) is 0 Å². The molecule has 2 N–H and O–H groups in total. The summed E-state index contributed by atoms with van der Waals surface area (Å²) in [6.07, 6.45) is 4.63. The van der Waals surface area contributed by atoms with Crippen molar-refractivity contribution in [1.82, 2.24) is 4.90 Å². The summed E-state index contributed by atoms with van der Waals surface area (Å²) in [5.74, 6) is -0.300. The van der Waals surface area contributed by atoms with Crippen molar-refractivity contribution in [1.29, 1.82) is 0 Å². The van der Waals surface area contributed by atoms with Crippen LogP contribution in [-0.4, -0.2) is 54.9 Å². The van der Waals surface area contributed by atoms with Gasteiger partial charge in [-0.3, -0.25) is 9.69 Å². The van der Waals surface area contributed by atoms with Gasteiger partial charge in [0, 0.05) is 19.1 Å². The summed E-state index contributed by atoms with van der Waals surface area (Å²) < 4.78 is 10.8. The Balaban J connectivity index is 1.85. The van der Waals surface area contributed by atoms with E-state index < -0.39 is 5.54 Å². The van der Waals surface area contributed by atoms with Crippen LogP contribution >= 0.6 is 0 Å². The molecule has 2 rings (SSSR count). The van der Waals surface area contributed by atoms with Crippen LogP contribution < -0.4 is 5.73 Å². The summed E-state index contributed by atoms with van der Waals surface area (Å²) >= 11 is 0. The maximum atomic E-state index is 11.8. The highest BCUT2D eigenvalue weighted by Gasteiger charge is 2.37. The average molecular weight is 270 g/mol. The van der Waals surface area contributed by atoms with Crippen LogP contribution in [0.3, 0.4) is 0 Å². The molecule has 3 unspecified atom stereocenters. The summed E-state index contributed by atoms with van der Waals surface area (Å²) in [5, 5.41) is 0. The van der Waals surface area contributed by atoms with Gasteiger partial charge < -0.3 is 15.2 Å². The molecule has 2 fully saturated rings. The van der Waals surface area contributed by atoms with E-state index in [9.17, 15) is 4.79 Å². The Labute approximate surface area is 115 Å². The number of morpholine rings is 1. The molecule has 0 aromatic rings. The smallest absolute Gasteiger partial charge is 0.325 e. The Bertz CT molecular complexity index is 320. The minimum Gasteiger partial charge on any atom is -0.465 e. The lowest BCUT2D eigenvalue weighted by Crippen LogP contribution is -2.53. The Kier molecular flexibility index (Phi) is 4.81. The number of esters is 1. The Morgan fingerprint density at radius 2 is 2.32 bits per heavy atom. The second kappa shape index (κ2) is 6.20. The Hall–Kier alpha value is -0.650. The molecule has 1 aliphatic heterocycles. The molecule has 0 radical (unpaired) electrons. The number of rotatable bonds is 5. The maximum Gasteiger partial charge on any atom is 0.325 e. The highest BCUT2D eigenvalue weighted by atomic mass is 16.5. The topological polar surface area (TPSA) is 64.8 Å². The second-order valence-corrected chi connectivity index (χ2v) is 5.83. The van der Waals surface area contributed by atoms with Crippen molar-refractivity contribution < 1.29 is 14.3 Å². The van der Waals surface area contributed by atoms with Gasteiger partial charge in [-0.25, -0.2) is 0 Å². The zero-order valence-corrected chi connectivity index (χ0v) is 12.1. The molecule has 1 aliphatic carbocycles. The number of carbonyl (C=O) groups excluding carboxylic acids is 1. The molecular formula is C14H26N2O3. The van der Waals surface area contributed by atoms with Gasteiger partial charge in [-0.05, 0) is 39.5 Å². The third-order valence-electron chi connectivity index (χ3n) is 4.26. The highest BCUT2D eigenvalue weighted by Crippen LogP contribution is 2.30. The van der Waals surface area contributed by atoms with Gasteiger partial charge in [-0.1, -0.05) is 0 Å². The van der Waals surface area contributed by atoms with Crippen molar-refractivity contribution in [3.8, 4) is 0 Å². The standard InChI is InChI=1S/C14H26N2O3/c1-3-18-13(17)14(2,15)7-8-16-9-10-19-12-6-4-5-11(12)16/h11-12H,3-10,15H2,1-2H3. The first kappa shape index (κ1) is 14.8. The molecule has 5 heteroatoms. The van der Waals surface area contributed by atoms with Crippen molar-refractivity contribution in [2.75, 3.05) is 26.3 Å². The molecule has 1 saturated heterocycles. The van der Waals surface area contributed by atoms with Crippen LogP contribution in [0.2, 0.25) is 0 Å². The van der Waals surface area contributed by atoms with Crippen LogP contribution in [-0.2, 0) is 14.3 Å². The van der Waals surface area contributed by atoms with Crippen molar-refractivity contribution in [2.45, 2.75) is 57.2 Å². The van der Waals surface area contributed by atoms with Gasteiger partial charge in [-0.2, -0.15) is 0 Å². The quantitative estimate of drug-likeness (QED) is 0.752. The van der Waals surface area contributed by atoms with E-state index in [4.69, 9.17) is 15.2 Å². The minimum absolute atomic E-state index is 0.300. The molecule has 19 heavy (non-hydrogen) atoms. The number of hydrogen-bond donors (Lipinski definition) is 1. The molecule has 0 aromatic heterocycles. The SMILES string of the molecule is CCOC(=O)C(C)(N)CCN1CCOC2CCCC21. The molecule has 110 valence electrons. The third kappa shape index (κ3) is 3.46. The third-order valence-corrected chi connectivity index (χ3v) is 4.26. The van der Waals surface area contributed by atoms with Crippen molar-refractivity contribution in [3.05, 3.63) is 0 Å². The fourth-order valence-corrected chi connectivity index (χ4v) is 3.06. The first-order chi connectivity index (χ1) is 9.04. The lowest BCUT2D eigenvalue weighted by molar-refractivity contribution is -0.149. The molecule has 5 nitrogen and oxygen atoms in total. The van der Waals surface area contributed by atoms with Crippen LogP contribution in [0.1, 0.15) is 39.5 Å². The van der Waals surface area contributed by atoms with Crippen LogP contribution in [0.15, 0.2) is 0 Å². The molecule has 0 amide bonds. The minimum atomic E-state index is -0.886.